The Morgan fingerprint density at radius 3 is 1.22 bits per heavy atom. The Kier molecular flexibility index (Phi) is 5.23. The molecule has 1 nitrogen and oxygen atoms in total. The van der Waals surface area contributed by atoms with E-state index in [2.05, 4.69) is 91.0 Å². The Morgan fingerprint density at radius 1 is 0.565 bits per heavy atom. The topological polar surface area (TPSA) is 26.0 Å². The molecular weight excluding hydrogens is 297 g/mol. The second-order valence-corrected chi connectivity index (χ2v) is 9.94. The fraction of sp³-hybridized carbons (Fsp3) is 0.143. The molecule has 0 saturated carbocycles. The van der Waals surface area contributed by atoms with E-state index in [1.54, 1.807) is 0 Å². The Bertz CT molecular complexity index is 614. The Balaban J connectivity index is 2.25. The van der Waals surface area contributed by atoms with Crippen LogP contribution in [-0.2, 0) is 0 Å². The molecule has 2 heteroatoms. The van der Waals surface area contributed by atoms with Crippen LogP contribution in [-0.4, -0.2) is 12.7 Å². The van der Waals surface area contributed by atoms with Crippen molar-refractivity contribution in [2.45, 2.75) is 6.42 Å². The zero-order chi connectivity index (χ0) is 16.0. The van der Waals surface area contributed by atoms with Crippen LogP contribution >= 0.6 is 7.26 Å². The van der Waals surface area contributed by atoms with Crippen LogP contribution in [0.3, 0.4) is 0 Å². The van der Waals surface area contributed by atoms with Gasteiger partial charge in [0, 0.05) is 0 Å². The van der Waals surface area contributed by atoms with Gasteiger partial charge in [0.1, 0.15) is 0 Å². The summed E-state index contributed by atoms with van der Waals surface area (Å²) in [5.74, 6) is 0. The molecule has 3 aromatic rings. The minimum atomic E-state index is -2.02. The van der Waals surface area contributed by atoms with E-state index in [9.17, 15) is 0 Å². The van der Waals surface area contributed by atoms with Crippen LogP contribution in [0.5, 0.6) is 0 Å². The predicted octanol–water partition coefficient (Wildman–Crippen LogP) is 3.06. The van der Waals surface area contributed by atoms with Crippen molar-refractivity contribution in [3.05, 3.63) is 91.0 Å². The summed E-state index contributed by atoms with van der Waals surface area (Å²) in [6, 6.07) is 33.0. The van der Waals surface area contributed by atoms with Crippen molar-refractivity contribution >= 4 is 23.2 Å². The standard InChI is InChI=1S/C21H24NP/c22-17-10-18-23(19-11-4-1-5-12-19,20-13-6-2-7-14-20)21-15-8-3-9-16-21/h1-9,11-16,23H,10,17-18,22H2. The summed E-state index contributed by atoms with van der Waals surface area (Å²) in [6.45, 7) is 0.737. The van der Waals surface area contributed by atoms with Crippen LogP contribution in [0.1, 0.15) is 6.42 Å². The number of hydrogen-bond acceptors (Lipinski definition) is 1. The van der Waals surface area contributed by atoms with Crippen molar-refractivity contribution in [3.8, 4) is 0 Å². The molecule has 0 saturated heterocycles. The van der Waals surface area contributed by atoms with Gasteiger partial charge in [-0.25, -0.2) is 0 Å². The van der Waals surface area contributed by atoms with Crippen LogP contribution in [0.2, 0.25) is 0 Å². The summed E-state index contributed by atoms with van der Waals surface area (Å²) in [4.78, 5) is 0. The predicted molar refractivity (Wildman–Crippen MR) is 105 cm³/mol. The van der Waals surface area contributed by atoms with Crippen molar-refractivity contribution in [1.29, 1.82) is 0 Å². The van der Waals surface area contributed by atoms with Gasteiger partial charge in [-0.3, -0.25) is 0 Å². The third-order valence-electron chi connectivity index (χ3n) is 4.56. The first-order valence-electron chi connectivity index (χ1n) is 8.24. The summed E-state index contributed by atoms with van der Waals surface area (Å²) in [6.07, 6.45) is 2.19. The van der Waals surface area contributed by atoms with Crippen molar-refractivity contribution in [1.82, 2.24) is 0 Å². The maximum absolute atomic E-state index is 5.89. The molecule has 2 N–H and O–H groups in total. The van der Waals surface area contributed by atoms with Crippen molar-refractivity contribution in [2.75, 3.05) is 12.7 Å². The summed E-state index contributed by atoms with van der Waals surface area (Å²) in [7, 11) is -2.02. The van der Waals surface area contributed by atoms with Gasteiger partial charge in [0.2, 0.25) is 0 Å². The SMILES string of the molecule is NCCC[PH](c1ccccc1)(c1ccccc1)c1ccccc1. The monoisotopic (exact) mass is 321 g/mol. The second-order valence-electron chi connectivity index (χ2n) is 5.90. The second kappa shape index (κ2) is 7.55. The molecule has 0 bridgehead atoms. The third-order valence-corrected chi connectivity index (χ3v) is 9.62. The number of benzene rings is 3. The normalized spacial score (nSPS) is 12.0. The van der Waals surface area contributed by atoms with Crippen molar-refractivity contribution < 1.29 is 0 Å². The summed E-state index contributed by atoms with van der Waals surface area (Å²) in [5.41, 5.74) is 5.89. The molecule has 0 amide bonds. The summed E-state index contributed by atoms with van der Waals surface area (Å²) < 4.78 is 0. The van der Waals surface area contributed by atoms with Gasteiger partial charge in [0.15, 0.2) is 0 Å². The van der Waals surface area contributed by atoms with Crippen LogP contribution in [0, 0.1) is 0 Å². The number of nitrogens with two attached hydrogens (primary N) is 1. The van der Waals surface area contributed by atoms with Crippen LogP contribution < -0.4 is 21.6 Å². The average Bonchev–Trinajstić information content (AvgIpc) is 2.65. The molecule has 0 aliphatic heterocycles. The maximum atomic E-state index is 5.89. The fourth-order valence-electron chi connectivity index (χ4n) is 3.47. The zero-order valence-corrected chi connectivity index (χ0v) is 14.4. The quantitative estimate of drug-likeness (QED) is 0.694. The molecular formula is C21H24NP. The number of hydrogen-bond donors (Lipinski definition) is 1. The van der Waals surface area contributed by atoms with Gasteiger partial charge >= 0.3 is 139 Å². The van der Waals surface area contributed by atoms with Gasteiger partial charge in [-0.15, -0.1) is 0 Å². The molecule has 0 unspecified atom stereocenters. The van der Waals surface area contributed by atoms with E-state index in [4.69, 9.17) is 5.73 Å². The first-order valence-corrected chi connectivity index (χ1v) is 10.5. The van der Waals surface area contributed by atoms with E-state index in [1.165, 1.54) is 15.9 Å². The molecule has 3 aromatic carbocycles. The van der Waals surface area contributed by atoms with Crippen LogP contribution in [0.15, 0.2) is 91.0 Å². The molecule has 23 heavy (non-hydrogen) atoms. The summed E-state index contributed by atoms with van der Waals surface area (Å²) in [5, 5.41) is 4.39. The van der Waals surface area contributed by atoms with Gasteiger partial charge in [-0.2, -0.15) is 0 Å². The van der Waals surface area contributed by atoms with Gasteiger partial charge in [0.05, 0.1) is 0 Å². The zero-order valence-electron chi connectivity index (χ0n) is 13.4. The molecule has 0 aliphatic carbocycles. The molecule has 0 aromatic heterocycles. The average molecular weight is 321 g/mol. The van der Waals surface area contributed by atoms with E-state index in [0.717, 1.165) is 19.1 Å². The molecule has 0 fully saturated rings. The number of rotatable bonds is 6. The molecule has 0 radical (unpaired) electrons. The van der Waals surface area contributed by atoms with Gasteiger partial charge in [0.25, 0.3) is 0 Å². The molecule has 0 heterocycles. The first kappa shape index (κ1) is 15.9. The minimum absolute atomic E-state index is 0.737. The van der Waals surface area contributed by atoms with E-state index >= 15 is 0 Å². The molecule has 3 rings (SSSR count). The molecule has 118 valence electrons. The first-order chi connectivity index (χ1) is 11.4. The van der Waals surface area contributed by atoms with Crippen LogP contribution in [0.25, 0.3) is 0 Å². The van der Waals surface area contributed by atoms with Crippen molar-refractivity contribution in [2.24, 2.45) is 5.73 Å². The van der Waals surface area contributed by atoms with E-state index in [1.807, 2.05) is 0 Å². The van der Waals surface area contributed by atoms with Gasteiger partial charge in [-0.05, 0) is 0 Å². The van der Waals surface area contributed by atoms with E-state index in [-0.39, 0.29) is 0 Å². The van der Waals surface area contributed by atoms with Gasteiger partial charge in [-0.1, -0.05) is 0 Å². The fourth-order valence-corrected chi connectivity index (χ4v) is 8.35. The molecule has 0 atom stereocenters. The Morgan fingerprint density at radius 2 is 0.913 bits per heavy atom. The molecule has 0 aliphatic rings. The third kappa shape index (κ3) is 3.22. The van der Waals surface area contributed by atoms with E-state index < -0.39 is 7.26 Å². The summed E-state index contributed by atoms with van der Waals surface area (Å²) >= 11 is 0. The van der Waals surface area contributed by atoms with E-state index in [0.29, 0.717) is 0 Å². The van der Waals surface area contributed by atoms with Gasteiger partial charge < -0.3 is 0 Å². The Hall–Kier alpha value is -1.95. The van der Waals surface area contributed by atoms with Crippen molar-refractivity contribution in [3.63, 3.8) is 0 Å². The molecule has 0 spiro atoms. The van der Waals surface area contributed by atoms with Crippen LogP contribution in [0.4, 0.5) is 0 Å². The Labute approximate surface area is 139 Å².